The number of benzene rings is 2. The number of hydrogen-bond acceptors (Lipinski definition) is 7. The lowest BCUT2D eigenvalue weighted by atomic mass is 10.1. The van der Waals surface area contributed by atoms with Crippen LogP contribution in [0.1, 0.15) is 26.3 Å². The fraction of sp³-hybridized carbons (Fsp3) is 0.417. The van der Waals surface area contributed by atoms with Crippen molar-refractivity contribution >= 4 is 17.4 Å². The Balaban J connectivity index is 1.67. The van der Waals surface area contributed by atoms with Gasteiger partial charge in [-0.1, -0.05) is 31.9 Å². The van der Waals surface area contributed by atoms with Gasteiger partial charge in [0.05, 0.1) is 16.9 Å². The molecule has 10 heteroatoms. The number of aromatic nitrogens is 2. The molecule has 0 saturated carbocycles. The lowest BCUT2D eigenvalue weighted by Gasteiger charge is -2.17. The van der Waals surface area contributed by atoms with E-state index in [1.54, 1.807) is 6.07 Å². The molecule has 34 heavy (non-hydrogen) atoms. The Morgan fingerprint density at radius 1 is 0.912 bits per heavy atom. The fourth-order valence-electron chi connectivity index (χ4n) is 3.43. The van der Waals surface area contributed by atoms with Crippen molar-refractivity contribution in [3.05, 3.63) is 53.3 Å². The minimum atomic E-state index is -1.17. The molecule has 0 aliphatic rings. The van der Waals surface area contributed by atoms with Crippen LogP contribution in [0.2, 0.25) is 0 Å². The summed E-state index contributed by atoms with van der Waals surface area (Å²) in [6, 6.07) is 6.97. The topological polar surface area (TPSA) is 78.2 Å². The molecule has 3 aromatic rings. The van der Waals surface area contributed by atoms with Crippen molar-refractivity contribution in [3.8, 4) is 11.5 Å². The Hall–Kier alpha value is -3.11. The van der Waals surface area contributed by atoms with Crippen molar-refractivity contribution in [1.29, 1.82) is 0 Å². The Bertz CT molecular complexity index is 1070. The van der Waals surface area contributed by atoms with Gasteiger partial charge in [-0.15, -0.1) is 5.10 Å². The zero-order chi connectivity index (χ0) is 24.5. The quantitative estimate of drug-likeness (QED) is 0.306. The zero-order valence-corrected chi connectivity index (χ0v) is 19.7. The summed E-state index contributed by atoms with van der Waals surface area (Å²) < 4.78 is 48.7. The molecule has 1 aromatic heterocycles. The first-order valence-corrected chi connectivity index (χ1v) is 11.5. The predicted molar refractivity (Wildman–Crippen MR) is 128 cm³/mol. The van der Waals surface area contributed by atoms with Crippen molar-refractivity contribution in [2.45, 2.75) is 27.2 Å². The Kier molecular flexibility index (Phi) is 9.29. The lowest BCUT2D eigenvalue weighted by molar-refractivity contribution is 0.303. The highest BCUT2D eigenvalue weighted by Gasteiger charge is 2.20. The van der Waals surface area contributed by atoms with Crippen molar-refractivity contribution in [2.24, 2.45) is 0 Å². The van der Waals surface area contributed by atoms with Gasteiger partial charge in [0.1, 0.15) is 5.82 Å². The second-order valence-electron chi connectivity index (χ2n) is 7.69. The maximum absolute atomic E-state index is 14.7. The molecule has 0 fully saturated rings. The van der Waals surface area contributed by atoms with Crippen molar-refractivity contribution < 1.29 is 17.6 Å². The average molecular weight is 477 g/mol. The van der Waals surface area contributed by atoms with Gasteiger partial charge in [0, 0.05) is 26.2 Å². The summed E-state index contributed by atoms with van der Waals surface area (Å²) in [5.41, 5.74) is 0.641. The molecule has 0 atom stereocenters. The molecular formula is C24H31F3N6O. The summed E-state index contributed by atoms with van der Waals surface area (Å²) in [7, 11) is 0. The van der Waals surface area contributed by atoms with Crippen LogP contribution in [-0.4, -0.2) is 54.4 Å². The molecule has 7 nitrogen and oxygen atoms in total. The third kappa shape index (κ3) is 6.48. The van der Waals surface area contributed by atoms with Gasteiger partial charge in [0.15, 0.2) is 11.6 Å². The minimum absolute atomic E-state index is 0.0107. The van der Waals surface area contributed by atoms with Crippen LogP contribution in [-0.2, 0) is 6.42 Å². The van der Waals surface area contributed by atoms with Gasteiger partial charge >= 0.3 is 6.01 Å². The summed E-state index contributed by atoms with van der Waals surface area (Å²) >= 11 is 0. The van der Waals surface area contributed by atoms with E-state index in [-0.39, 0.29) is 28.8 Å². The van der Waals surface area contributed by atoms with Crippen molar-refractivity contribution in [3.63, 3.8) is 0 Å². The molecule has 0 spiro atoms. The van der Waals surface area contributed by atoms with Gasteiger partial charge in [0.25, 0.3) is 5.89 Å². The Morgan fingerprint density at radius 3 is 2.41 bits per heavy atom. The maximum atomic E-state index is 14.7. The molecule has 0 unspecified atom stereocenters. The zero-order valence-electron chi connectivity index (χ0n) is 19.7. The standard InChI is InChI=1S/C24H31F3N6O/c1-4-16-7-10-20(19(26)15-16)30-22-17(8-9-18(25)21(22)27)23-31-32-24(34-23)29-12-11-28-13-14-33(5-2)6-3/h7-10,15,28,30H,4-6,11-14H2,1-3H3,(H,29,32). The second kappa shape index (κ2) is 12.4. The van der Waals surface area contributed by atoms with Crippen LogP contribution in [0.4, 0.5) is 30.6 Å². The van der Waals surface area contributed by atoms with Gasteiger partial charge in [0.2, 0.25) is 0 Å². The van der Waals surface area contributed by atoms with Crippen molar-refractivity contribution in [1.82, 2.24) is 20.4 Å². The second-order valence-corrected chi connectivity index (χ2v) is 7.69. The lowest BCUT2D eigenvalue weighted by Crippen LogP contribution is -2.33. The highest BCUT2D eigenvalue weighted by atomic mass is 19.2. The van der Waals surface area contributed by atoms with E-state index in [0.717, 1.165) is 37.8 Å². The number of rotatable bonds is 13. The first-order valence-electron chi connectivity index (χ1n) is 11.5. The number of halogens is 3. The molecular weight excluding hydrogens is 445 g/mol. The Labute approximate surface area is 197 Å². The molecule has 2 aromatic carbocycles. The number of hydrogen-bond donors (Lipinski definition) is 3. The van der Waals surface area contributed by atoms with Crippen LogP contribution in [0.5, 0.6) is 0 Å². The van der Waals surface area contributed by atoms with E-state index >= 15 is 0 Å². The van der Waals surface area contributed by atoms with Gasteiger partial charge in [-0.3, -0.25) is 0 Å². The van der Waals surface area contributed by atoms with Gasteiger partial charge in [-0.2, -0.15) is 0 Å². The van der Waals surface area contributed by atoms with E-state index in [1.807, 2.05) is 6.92 Å². The molecule has 0 saturated heterocycles. The van der Waals surface area contributed by atoms with Crippen LogP contribution < -0.4 is 16.0 Å². The van der Waals surface area contributed by atoms with Crippen LogP contribution in [0, 0.1) is 17.5 Å². The van der Waals surface area contributed by atoms with E-state index in [0.29, 0.717) is 19.5 Å². The first kappa shape index (κ1) is 25.5. The first-order chi connectivity index (χ1) is 16.5. The molecule has 1 heterocycles. The summed E-state index contributed by atoms with van der Waals surface area (Å²) in [6.45, 7) is 11.2. The third-order valence-corrected chi connectivity index (χ3v) is 5.53. The summed E-state index contributed by atoms with van der Waals surface area (Å²) in [6.07, 6.45) is 0.653. The maximum Gasteiger partial charge on any atom is 0.315 e. The highest BCUT2D eigenvalue weighted by molar-refractivity contribution is 5.78. The monoisotopic (exact) mass is 476 g/mol. The number of likely N-dealkylation sites (N-methyl/N-ethyl adjacent to an activating group) is 1. The number of nitrogens with zero attached hydrogens (tertiary/aromatic N) is 3. The van der Waals surface area contributed by atoms with E-state index < -0.39 is 17.5 Å². The highest BCUT2D eigenvalue weighted by Crippen LogP contribution is 2.34. The van der Waals surface area contributed by atoms with Gasteiger partial charge < -0.3 is 25.3 Å². The summed E-state index contributed by atoms with van der Waals surface area (Å²) in [5, 5.41) is 16.8. The molecule has 0 bridgehead atoms. The van der Waals surface area contributed by atoms with Gasteiger partial charge in [-0.25, -0.2) is 13.2 Å². The van der Waals surface area contributed by atoms with E-state index in [4.69, 9.17) is 4.42 Å². The number of nitrogens with one attached hydrogen (secondary N) is 3. The number of anilines is 3. The van der Waals surface area contributed by atoms with E-state index in [9.17, 15) is 13.2 Å². The average Bonchev–Trinajstić information content (AvgIpc) is 3.31. The number of aryl methyl sites for hydroxylation is 1. The largest absolute Gasteiger partial charge is 0.403 e. The third-order valence-electron chi connectivity index (χ3n) is 5.53. The van der Waals surface area contributed by atoms with Crippen LogP contribution in [0.15, 0.2) is 34.7 Å². The molecule has 0 aliphatic heterocycles. The SMILES string of the molecule is CCc1ccc(Nc2c(-c3nnc(NCCNCCN(CC)CC)o3)ccc(F)c2F)c(F)c1. The fourth-order valence-corrected chi connectivity index (χ4v) is 3.43. The molecule has 184 valence electrons. The minimum Gasteiger partial charge on any atom is -0.403 e. The van der Waals surface area contributed by atoms with E-state index in [1.165, 1.54) is 18.2 Å². The predicted octanol–water partition coefficient (Wildman–Crippen LogP) is 4.80. The van der Waals surface area contributed by atoms with E-state index in [2.05, 4.69) is 44.9 Å². The summed E-state index contributed by atoms with van der Waals surface area (Å²) in [4.78, 5) is 2.32. The molecule has 3 N–H and O–H groups in total. The normalized spacial score (nSPS) is 11.3. The smallest absolute Gasteiger partial charge is 0.315 e. The molecule has 0 radical (unpaired) electrons. The van der Waals surface area contributed by atoms with Gasteiger partial charge in [-0.05, 0) is 49.3 Å². The van der Waals surface area contributed by atoms with Crippen LogP contribution in [0.3, 0.4) is 0 Å². The van der Waals surface area contributed by atoms with Crippen LogP contribution in [0.25, 0.3) is 11.5 Å². The van der Waals surface area contributed by atoms with Crippen molar-refractivity contribution in [2.75, 3.05) is 49.9 Å². The Morgan fingerprint density at radius 2 is 1.71 bits per heavy atom. The molecule has 3 rings (SSSR count). The summed E-state index contributed by atoms with van der Waals surface area (Å²) in [5.74, 6) is -2.84. The molecule has 0 amide bonds. The molecule has 0 aliphatic carbocycles. The van der Waals surface area contributed by atoms with Crippen LogP contribution >= 0.6 is 0 Å².